The number of ether oxygens (including phenoxy) is 1. The molecule has 1 aromatic rings. The van der Waals surface area contributed by atoms with E-state index in [0.29, 0.717) is 12.6 Å². The number of nitrogens with one attached hydrogen (secondary N) is 2. The van der Waals surface area contributed by atoms with E-state index < -0.39 is 0 Å². The molecule has 0 saturated heterocycles. The number of hydrogen-bond acceptors (Lipinski definition) is 3. The molecule has 0 atom stereocenters. The first-order valence-electron chi connectivity index (χ1n) is 7.93. The van der Waals surface area contributed by atoms with Gasteiger partial charge >= 0.3 is 0 Å². The van der Waals surface area contributed by atoms with E-state index in [0.717, 1.165) is 11.4 Å². The third kappa shape index (κ3) is 5.76. The Morgan fingerprint density at radius 1 is 1.29 bits per heavy atom. The third-order valence-corrected chi connectivity index (χ3v) is 3.65. The van der Waals surface area contributed by atoms with Crippen molar-refractivity contribution in [1.82, 2.24) is 5.32 Å². The molecule has 4 heteroatoms. The normalized spacial score (nSPS) is 16.0. The van der Waals surface area contributed by atoms with Gasteiger partial charge in [-0.2, -0.15) is 0 Å². The number of rotatable bonds is 6. The largest absolute Gasteiger partial charge is 0.491 e. The SMILES string of the molecule is CC(C)Oc1cccc(NC(=O)CNC2CCCCC2)c1. The maximum atomic E-state index is 12.0. The Morgan fingerprint density at radius 3 is 2.76 bits per heavy atom. The van der Waals surface area contributed by atoms with Crippen LogP contribution in [0.1, 0.15) is 46.0 Å². The molecule has 0 radical (unpaired) electrons. The molecule has 1 amide bonds. The Bertz CT molecular complexity index is 454. The van der Waals surface area contributed by atoms with Crippen molar-refractivity contribution in [3.05, 3.63) is 24.3 Å². The Labute approximate surface area is 127 Å². The minimum absolute atomic E-state index is 0.00210. The minimum atomic E-state index is 0.00210. The second-order valence-electron chi connectivity index (χ2n) is 5.96. The van der Waals surface area contributed by atoms with Crippen LogP contribution in [0.2, 0.25) is 0 Å². The van der Waals surface area contributed by atoms with E-state index in [9.17, 15) is 4.79 Å². The molecule has 0 aromatic heterocycles. The number of amides is 1. The molecule has 1 aliphatic rings. The highest BCUT2D eigenvalue weighted by atomic mass is 16.5. The number of anilines is 1. The summed E-state index contributed by atoms with van der Waals surface area (Å²) in [5.41, 5.74) is 0.781. The van der Waals surface area contributed by atoms with Gasteiger partial charge in [0.15, 0.2) is 0 Å². The summed E-state index contributed by atoms with van der Waals surface area (Å²) in [6.07, 6.45) is 6.37. The smallest absolute Gasteiger partial charge is 0.238 e. The van der Waals surface area contributed by atoms with Gasteiger partial charge in [0.1, 0.15) is 5.75 Å². The van der Waals surface area contributed by atoms with E-state index in [1.807, 2.05) is 38.1 Å². The van der Waals surface area contributed by atoms with Crippen LogP contribution in [-0.4, -0.2) is 24.6 Å². The maximum absolute atomic E-state index is 12.0. The maximum Gasteiger partial charge on any atom is 0.238 e. The first-order chi connectivity index (χ1) is 10.1. The second-order valence-corrected chi connectivity index (χ2v) is 5.96. The van der Waals surface area contributed by atoms with Gasteiger partial charge in [-0.05, 0) is 38.8 Å². The predicted molar refractivity (Wildman–Crippen MR) is 85.7 cm³/mol. The summed E-state index contributed by atoms with van der Waals surface area (Å²) in [5.74, 6) is 0.783. The van der Waals surface area contributed by atoms with Crippen LogP contribution >= 0.6 is 0 Å². The molecule has 1 fully saturated rings. The summed E-state index contributed by atoms with van der Waals surface area (Å²) in [6, 6.07) is 8.03. The van der Waals surface area contributed by atoms with Gasteiger partial charge in [0.05, 0.1) is 12.6 Å². The third-order valence-electron chi connectivity index (χ3n) is 3.65. The van der Waals surface area contributed by atoms with Gasteiger partial charge in [-0.15, -0.1) is 0 Å². The summed E-state index contributed by atoms with van der Waals surface area (Å²) in [7, 11) is 0. The second kappa shape index (κ2) is 8.03. The molecule has 2 N–H and O–H groups in total. The number of carbonyl (C=O) groups is 1. The van der Waals surface area contributed by atoms with E-state index in [-0.39, 0.29) is 12.0 Å². The van der Waals surface area contributed by atoms with Gasteiger partial charge in [-0.25, -0.2) is 0 Å². The lowest BCUT2D eigenvalue weighted by atomic mass is 9.95. The molecule has 1 aliphatic carbocycles. The molecular weight excluding hydrogens is 264 g/mol. The summed E-state index contributed by atoms with van der Waals surface area (Å²) in [6.45, 7) is 4.35. The van der Waals surface area contributed by atoms with E-state index >= 15 is 0 Å². The van der Waals surface area contributed by atoms with Crippen LogP contribution in [0.25, 0.3) is 0 Å². The van der Waals surface area contributed by atoms with Crippen molar-refractivity contribution in [2.45, 2.75) is 58.1 Å². The zero-order chi connectivity index (χ0) is 15.1. The van der Waals surface area contributed by atoms with Crippen LogP contribution in [0.4, 0.5) is 5.69 Å². The van der Waals surface area contributed by atoms with Crippen molar-refractivity contribution < 1.29 is 9.53 Å². The average molecular weight is 290 g/mol. The number of benzene rings is 1. The molecule has 0 bridgehead atoms. The average Bonchev–Trinajstić information content (AvgIpc) is 2.46. The predicted octanol–water partition coefficient (Wildman–Crippen LogP) is 3.33. The van der Waals surface area contributed by atoms with Crippen LogP contribution in [0.5, 0.6) is 5.75 Å². The van der Waals surface area contributed by atoms with Crippen LogP contribution in [0.15, 0.2) is 24.3 Å². The van der Waals surface area contributed by atoms with Crippen molar-refractivity contribution in [3.63, 3.8) is 0 Å². The van der Waals surface area contributed by atoms with E-state index in [1.165, 1.54) is 32.1 Å². The van der Waals surface area contributed by atoms with E-state index in [1.54, 1.807) is 0 Å². The molecule has 4 nitrogen and oxygen atoms in total. The lowest BCUT2D eigenvalue weighted by molar-refractivity contribution is -0.115. The van der Waals surface area contributed by atoms with E-state index in [4.69, 9.17) is 4.74 Å². The summed E-state index contributed by atoms with van der Waals surface area (Å²) >= 11 is 0. The van der Waals surface area contributed by atoms with Crippen molar-refractivity contribution in [2.24, 2.45) is 0 Å². The fourth-order valence-electron chi connectivity index (χ4n) is 2.67. The molecule has 2 rings (SSSR count). The molecule has 21 heavy (non-hydrogen) atoms. The van der Waals surface area contributed by atoms with Crippen LogP contribution in [0, 0.1) is 0 Å². The Hall–Kier alpha value is -1.55. The molecule has 116 valence electrons. The number of carbonyl (C=O) groups excluding carboxylic acids is 1. The van der Waals surface area contributed by atoms with Gasteiger partial charge in [-0.1, -0.05) is 25.3 Å². The monoisotopic (exact) mass is 290 g/mol. The number of hydrogen-bond donors (Lipinski definition) is 2. The molecule has 1 saturated carbocycles. The van der Waals surface area contributed by atoms with Crippen molar-refractivity contribution in [1.29, 1.82) is 0 Å². The van der Waals surface area contributed by atoms with Gasteiger partial charge in [0, 0.05) is 17.8 Å². The highest BCUT2D eigenvalue weighted by molar-refractivity contribution is 5.92. The molecule has 1 aromatic carbocycles. The minimum Gasteiger partial charge on any atom is -0.491 e. The summed E-state index contributed by atoms with van der Waals surface area (Å²) < 4.78 is 5.62. The van der Waals surface area contributed by atoms with Crippen molar-refractivity contribution >= 4 is 11.6 Å². The Kier molecular flexibility index (Phi) is 6.05. The van der Waals surface area contributed by atoms with Crippen LogP contribution < -0.4 is 15.4 Å². The van der Waals surface area contributed by atoms with E-state index in [2.05, 4.69) is 10.6 Å². The summed E-state index contributed by atoms with van der Waals surface area (Å²) in [5, 5.41) is 6.26. The van der Waals surface area contributed by atoms with Crippen LogP contribution in [-0.2, 0) is 4.79 Å². The molecule has 0 spiro atoms. The lowest BCUT2D eigenvalue weighted by Gasteiger charge is -2.22. The molecule has 0 unspecified atom stereocenters. The van der Waals surface area contributed by atoms with Gasteiger partial charge in [0.2, 0.25) is 5.91 Å². The quantitative estimate of drug-likeness (QED) is 0.845. The topological polar surface area (TPSA) is 50.4 Å². The molecule has 0 aliphatic heterocycles. The first kappa shape index (κ1) is 15.8. The summed E-state index contributed by atoms with van der Waals surface area (Å²) in [4.78, 5) is 12.0. The Morgan fingerprint density at radius 2 is 2.05 bits per heavy atom. The first-order valence-corrected chi connectivity index (χ1v) is 7.93. The fourth-order valence-corrected chi connectivity index (χ4v) is 2.67. The van der Waals surface area contributed by atoms with Crippen LogP contribution in [0.3, 0.4) is 0 Å². The highest BCUT2D eigenvalue weighted by Gasteiger charge is 2.14. The lowest BCUT2D eigenvalue weighted by Crippen LogP contribution is -2.37. The van der Waals surface area contributed by atoms with Gasteiger partial charge in [-0.3, -0.25) is 4.79 Å². The van der Waals surface area contributed by atoms with Crippen molar-refractivity contribution in [2.75, 3.05) is 11.9 Å². The van der Waals surface area contributed by atoms with Crippen molar-refractivity contribution in [3.8, 4) is 5.75 Å². The zero-order valence-electron chi connectivity index (χ0n) is 13.0. The van der Waals surface area contributed by atoms with Gasteiger partial charge in [0.25, 0.3) is 0 Å². The molecule has 0 heterocycles. The standard InChI is InChI=1S/C17H26N2O2/c1-13(2)21-16-10-6-9-15(11-16)19-17(20)12-18-14-7-4-3-5-8-14/h6,9-11,13-14,18H,3-5,7-8,12H2,1-2H3,(H,19,20). The zero-order valence-corrected chi connectivity index (χ0v) is 13.0. The highest BCUT2D eigenvalue weighted by Crippen LogP contribution is 2.19. The fraction of sp³-hybridized carbons (Fsp3) is 0.588. The van der Waals surface area contributed by atoms with Gasteiger partial charge < -0.3 is 15.4 Å². The molecular formula is C17H26N2O2. The Balaban J connectivity index is 1.78.